The highest BCUT2D eigenvalue weighted by atomic mass is 16.6. The van der Waals surface area contributed by atoms with Gasteiger partial charge in [-0.25, -0.2) is 0 Å². The molecule has 0 N–H and O–H groups in total. The molecule has 0 fully saturated rings. The van der Waals surface area contributed by atoms with Gasteiger partial charge in [0.15, 0.2) is 6.10 Å². The lowest BCUT2D eigenvalue weighted by Gasteiger charge is -2.24. The Kier molecular flexibility index (Phi) is 6.41. The summed E-state index contributed by atoms with van der Waals surface area (Å²) >= 11 is 0. The van der Waals surface area contributed by atoms with E-state index in [1.807, 2.05) is 38.1 Å². The third kappa shape index (κ3) is 4.85. The number of rotatable bonds is 8. The molecular formula is C19H26N2O3. The summed E-state index contributed by atoms with van der Waals surface area (Å²) in [6, 6.07) is 7.74. The molecule has 5 heteroatoms. The molecule has 5 nitrogen and oxygen atoms in total. The van der Waals surface area contributed by atoms with Gasteiger partial charge in [0, 0.05) is 19.4 Å². The number of ether oxygens (including phenoxy) is 1. The standard InChI is InChI=1S/C19H26N2O3/c1-5-10-21(19(22)11-14(2)3)13-17-12-18(20-24-17)15-6-8-16(23-4)9-7-15/h5-9,14,17H,1,10-13H2,2-4H3/t17-/m0/s1. The van der Waals surface area contributed by atoms with Gasteiger partial charge in [-0.2, -0.15) is 0 Å². The Morgan fingerprint density at radius 2 is 2.17 bits per heavy atom. The first-order valence-corrected chi connectivity index (χ1v) is 8.29. The zero-order valence-corrected chi connectivity index (χ0v) is 14.7. The van der Waals surface area contributed by atoms with Crippen molar-refractivity contribution in [3.05, 3.63) is 42.5 Å². The van der Waals surface area contributed by atoms with Crippen molar-refractivity contribution in [3.63, 3.8) is 0 Å². The number of oxime groups is 1. The predicted octanol–water partition coefficient (Wildman–Crippen LogP) is 3.25. The molecular weight excluding hydrogens is 304 g/mol. The molecule has 1 aliphatic heterocycles. The molecule has 1 amide bonds. The van der Waals surface area contributed by atoms with Crippen molar-refractivity contribution in [2.45, 2.75) is 32.8 Å². The van der Waals surface area contributed by atoms with Gasteiger partial charge >= 0.3 is 0 Å². The molecule has 0 spiro atoms. The number of hydrogen-bond donors (Lipinski definition) is 0. The van der Waals surface area contributed by atoms with Gasteiger partial charge in [0.05, 0.1) is 19.4 Å². The molecule has 0 aliphatic carbocycles. The fraction of sp³-hybridized carbons (Fsp3) is 0.474. The zero-order chi connectivity index (χ0) is 17.5. The maximum Gasteiger partial charge on any atom is 0.223 e. The Bertz CT molecular complexity index is 593. The molecule has 0 radical (unpaired) electrons. The number of methoxy groups -OCH3 is 1. The fourth-order valence-electron chi connectivity index (χ4n) is 2.64. The van der Waals surface area contributed by atoms with Gasteiger partial charge < -0.3 is 14.5 Å². The normalized spacial score (nSPS) is 16.5. The Balaban J connectivity index is 1.94. The van der Waals surface area contributed by atoms with Crippen LogP contribution in [0.5, 0.6) is 5.75 Å². The van der Waals surface area contributed by atoms with Crippen LogP contribution in [0.25, 0.3) is 0 Å². The molecule has 24 heavy (non-hydrogen) atoms. The van der Waals surface area contributed by atoms with Crippen LogP contribution in [0.4, 0.5) is 0 Å². The molecule has 0 saturated carbocycles. The molecule has 1 aromatic carbocycles. The van der Waals surface area contributed by atoms with Crippen LogP contribution in [0.3, 0.4) is 0 Å². The number of carbonyl (C=O) groups is 1. The van der Waals surface area contributed by atoms with E-state index in [-0.39, 0.29) is 12.0 Å². The maximum atomic E-state index is 12.3. The number of carbonyl (C=O) groups excluding carboxylic acids is 1. The smallest absolute Gasteiger partial charge is 0.223 e. The van der Waals surface area contributed by atoms with Crippen molar-refractivity contribution in [3.8, 4) is 5.75 Å². The highest BCUT2D eigenvalue weighted by Gasteiger charge is 2.26. The van der Waals surface area contributed by atoms with E-state index in [9.17, 15) is 4.79 Å². The highest BCUT2D eigenvalue weighted by Crippen LogP contribution is 2.20. The quantitative estimate of drug-likeness (QED) is 0.688. The van der Waals surface area contributed by atoms with Gasteiger partial charge in [-0.15, -0.1) is 6.58 Å². The van der Waals surface area contributed by atoms with Crippen LogP contribution in [-0.4, -0.2) is 42.8 Å². The lowest BCUT2D eigenvalue weighted by atomic mass is 10.0. The Morgan fingerprint density at radius 1 is 1.46 bits per heavy atom. The van der Waals surface area contributed by atoms with Crippen LogP contribution in [0.2, 0.25) is 0 Å². The minimum Gasteiger partial charge on any atom is -0.497 e. The van der Waals surface area contributed by atoms with Gasteiger partial charge in [0.2, 0.25) is 5.91 Å². The van der Waals surface area contributed by atoms with E-state index in [4.69, 9.17) is 9.57 Å². The monoisotopic (exact) mass is 330 g/mol. The SMILES string of the molecule is C=CCN(C[C@@H]1CC(c2ccc(OC)cc2)=NO1)C(=O)CC(C)C. The van der Waals surface area contributed by atoms with E-state index in [2.05, 4.69) is 11.7 Å². The van der Waals surface area contributed by atoms with Gasteiger partial charge in [0.1, 0.15) is 5.75 Å². The summed E-state index contributed by atoms with van der Waals surface area (Å²) in [6.45, 7) is 8.89. The maximum absolute atomic E-state index is 12.3. The summed E-state index contributed by atoms with van der Waals surface area (Å²) in [4.78, 5) is 19.7. The molecule has 2 rings (SSSR count). The summed E-state index contributed by atoms with van der Waals surface area (Å²) in [5, 5.41) is 4.19. The molecule has 1 heterocycles. The second-order valence-electron chi connectivity index (χ2n) is 6.38. The lowest BCUT2D eigenvalue weighted by molar-refractivity contribution is -0.133. The van der Waals surface area contributed by atoms with Crippen molar-refractivity contribution >= 4 is 11.6 Å². The van der Waals surface area contributed by atoms with Gasteiger partial charge in [0.25, 0.3) is 0 Å². The molecule has 130 valence electrons. The van der Waals surface area contributed by atoms with Crippen LogP contribution in [0, 0.1) is 5.92 Å². The second kappa shape index (κ2) is 8.52. The van der Waals surface area contributed by atoms with Crippen LogP contribution in [-0.2, 0) is 9.63 Å². The number of hydrogen-bond acceptors (Lipinski definition) is 4. The first-order valence-electron chi connectivity index (χ1n) is 8.29. The van der Waals surface area contributed by atoms with E-state index >= 15 is 0 Å². The second-order valence-corrected chi connectivity index (χ2v) is 6.38. The third-order valence-electron chi connectivity index (χ3n) is 3.87. The first kappa shape index (κ1) is 18.0. The molecule has 0 aromatic heterocycles. The Labute approximate surface area is 143 Å². The summed E-state index contributed by atoms with van der Waals surface area (Å²) < 4.78 is 5.17. The molecule has 1 aliphatic rings. The number of benzene rings is 1. The Morgan fingerprint density at radius 3 is 2.75 bits per heavy atom. The highest BCUT2D eigenvalue weighted by molar-refractivity contribution is 6.01. The third-order valence-corrected chi connectivity index (χ3v) is 3.87. The van der Waals surface area contributed by atoms with Gasteiger partial charge in [-0.05, 0) is 35.7 Å². The van der Waals surface area contributed by atoms with Gasteiger partial charge in [-0.1, -0.05) is 25.1 Å². The van der Waals surface area contributed by atoms with E-state index in [1.165, 1.54) is 0 Å². The molecule has 0 unspecified atom stereocenters. The first-order chi connectivity index (χ1) is 11.5. The summed E-state index contributed by atoms with van der Waals surface area (Å²) in [5.74, 6) is 1.28. The topological polar surface area (TPSA) is 51.1 Å². The summed E-state index contributed by atoms with van der Waals surface area (Å²) in [7, 11) is 1.64. The molecule has 1 aromatic rings. The fourth-order valence-corrected chi connectivity index (χ4v) is 2.64. The molecule has 0 bridgehead atoms. The van der Waals surface area contributed by atoms with Crippen LogP contribution < -0.4 is 4.74 Å². The predicted molar refractivity (Wildman–Crippen MR) is 95.3 cm³/mol. The van der Waals surface area contributed by atoms with Crippen molar-refractivity contribution in [1.82, 2.24) is 4.90 Å². The largest absolute Gasteiger partial charge is 0.497 e. The average molecular weight is 330 g/mol. The number of amides is 1. The number of nitrogens with zero attached hydrogens (tertiary/aromatic N) is 2. The van der Waals surface area contributed by atoms with Crippen molar-refractivity contribution in [2.24, 2.45) is 11.1 Å². The zero-order valence-electron chi connectivity index (χ0n) is 14.7. The van der Waals surface area contributed by atoms with Crippen LogP contribution >= 0.6 is 0 Å². The lowest BCUT2D eigenvalue weighted by Crippen LogP contribution is -2.38. The minimum absolute atomic E-state index is 0.113. The summed E-state index contributed by atoms with van der Waals surface area (Å²) in [5.41, 5.74) is 1.92. The van der Waals surface area contributed by atoms with Crippen LogP contribution in [0.15, 0.2) is 42.1 Å². The van der Waals surface area contributed by atoms with E-state index in [0.29, 0.717) is 31.8 Å². The van der Waals surface area contributed by atoms with E-state index in [0.717, 1.165) is 17.0 Å². The Hall–Kier alpha value is -2.30. The molecule has 1 atom stereocenters. The van der Waals surface area contributed by atoms with Crippen molar-refractivity contribution in [1.29, 1.82) is 0 Å². The van der Waals surface area contributed by atoms with Crippen molar-refractivity contribution < 1.29 is 14.4 Å². The van der Waals surface area contributed by atoms with E-state index in [1.54, 1.807) is 18.1 Å². The average Bonchev–Trinajstić information content (AvgIpc) is 3.02. The van der Waals surface area contributed by atoms with E-state index < -0.39 is 0 Å². The van der Waals surface area contributed by atoms with Crippen molar-refractivity contribution in [2.75, 3.05) is 20.2 Å². The summed E-state index contributed by atoms with van der Waals surface area (Å²) in [6.07, 6.45) is 2.86. The van der Waals surface area contributed by atoms with Gasteiger partial charge in [-0.3, -0.25) is 4.79 Å². The molecule has 0 saturated heterocycles. The minimum atomic E-state index is -0.113. The van der Waals surface area contributed by atoms with Crippen LogP contribution in [0.1, 0.15) is 32.3 Å².